The van der Waals surface area contributed by atoms with Crippen LogP contribution in [-0.4, -0.2) is 48.2 Å². The van der Waals surface area contributed by atoms with Crippen molar-refractivity contribution in [3.8, 4) is 0 Å². The molecule has 4 heteroatoms. The summed E-state index contributed by atoms with van der Waals surface area (Å²) in [4.78, 5) is 16.2. The number of aryl methyl sites for hydroxylation is 1. The molecule has 1 aliphatic heterocycles. The van der Waals surface area contributed by atoms with Crippen molar-refractivity contribution in [3.63, 3.8) is 0 Å². The van der Waals surface area contributed by atoms with Crippen LogP contribution in [-0.2, 0) is 4.79 Å². The molecule has 1 aliphatic rings. The zero-order valence-electron chi connectivity index (χ0n) is 11.7. The first-order chi connectivity index (χ1) is 9.11. The largest absolute Gasteiger partial charge is 0.392 e. The first-order valence-electron chi connectivity index (χ1n) is 6.88. The Labute approximate surface area is 114 Å². The number of hydrogen-bond donors (Lipinski definition) is 1. The maximum Gasteiger partial charge on any atom is 0.241 e. The minimum Gasteiger partial charge on any atom is -0.392 e. The third-order valence-electron chi connectivity index (χ3n) is 3.63. The molecule has 0 aromatic heterocycles. The molecule has 1 N–H and O–H groups in total. The average Bonchev–Trinajstić information content (AvgIpc) is 2.78. The Hall–Kier alpha value is -1.39. The van der Waals surface area contributed by atoms with Gasteiger partial charge in [0, 0.05) is 25.3 Å². The molecule has 0 saturated carbocycles. The van der Waals surface area contributed by atoms with Crippen molar-refractivity contribution >= 4 is 11.6 Å². The van der Waals surface area contributed by atoms with Gasteiger partial charge in [-0.2, -0.15) is 0 Å². The van der Waals surface area contributed by atoms with Gasteiger partial charge >= 0.3 is 0 Å². The fourth-order valence-electron chi connectivity index (χ4n) is 2.58. The Morgan fingerprint density at radius 2 is 2.21 bits per heavy atom. The molecule has 19 heavy (non-hydrogen) atoms. The quantitative estimate of drug-likeness (QED) is 0.892. The SMILES string of the molecule is CCN(C(=O)CN1CCC(O)C1)c1ccccc1C. The minimum atomic E-state index is -0.277. The number of amides is 1. The molecule has 1 amide bonds. The van der Waals surface area contributed by atoms with Crippen LogP contribution in [0, 0.1) is 6.92 Å². The third-order valence-corrected chi connectivity index (χ3v) is 3.63. The normalized spacial score (nSPS) is 19.6. The number of carbonyl (C=O) groups is 1. The van der Waals surface area contributed by atoms with Gasteiger partial charge in [-0.05, 0) is 31.9 Å². The van der Waals surface area contributed by atoms with Crippen molar-refractivity contribution in [2.24, 2.45) is 0 Å². The summed E-state index contributed by atoms with van der Waals surface area (Å²) >= 11 is 0. The van der Waals surface area contributed by atoms with E-state index in [0.29, 0.717) is 19.6 Å². The van der Waals surface area contributed by atoms with Crippen LogP contribution in [0.2, 0.25) is 0 Å². The number of para-hydroxylation sites is 1. The maximum atomic E-state index is 12.4. The first kappa shape index (κ1) is 14.0. The molecule has 1 saturated heterocycles. The van der Waals surface area contributed by atoms with Gasteiger partial charge in [-0.15, -0.1) is 0 Å². The van der Waals surface area contributed by atoms with Crippen LogP contribution in [0.1, 0.15) is 18.9 Å². The van der Waals surface area contributed by atoms with Crippen molar-refractivity contribution in [1.29, 1.82) is 0 Å². The second kappa shape index (κ2) is 6.17. The Balaban J connectivity index is 2.05. The van der Waals surface area contributed by atoms with Gasteiger partial charge in [-0.3, -0.25) is 9.69 Å². The van der Waals surface area contributed by atoms with E-state index in [9.17, 15) is 9.90 Å². The number of aliphatic hydroxyl groups is 1. The molecule has 0 radical (unpaired) electrons. The molecule has 1 fully saturated rings. The second-order valence-electron chi connectivity index (χ2n) is 5.10. The Morgan fingerprint density at radius 1 is 1.47 bits per heavy atom. The van der Waals surface area contributed by atoms with Gasteiger partial charge in [0.2, 0.25) is 5.91 Å². The van der Waals surface area contributed by atoms with Gasteiger partial charge < -0.3 is 10.0 Å². The van der Waals surface area contributed by atoms with E-state index >= 15 is 0 Å². The van der Waals surface area contributed by atoms with Crippen LogP contribution in [0.5, 0.6) is 0 Å². The topological polar surface area (TPSA) is 43.8 Å². The molecular formula is C15H22N2O2. The van der Waals surface area contributed by atoms with Crippen LogP contribution in [0.4, 0.5) is 5.69 Å². The van der Waals surface area contributed by atoms with Gasteiger partial charge in [0.05, 0.1) is 12.6 Å². The van der Waals surface area contributed by atoms with E-state index in [4.69, 9.17) is 0 Å². The molecule has 0 bridgehead atoms. The van der Waals surface area contributed by atoms with Gasteiger partial charge in [-0.25, -0.2) is 0 Å². The highest BCUT2D eigenvalue weighted by Gasteiger charge is 2.24. The molecule has 1 heterocycles. The molecule has 2 rings (SSSR count). The van der Waals surface area contributed by atoms with E-state index in [1.807, 2.05) is 47.9 Å². The fraction of sp³-hybridized carbons (Fsp3) is 0.533. The van der Waals surface area contributed by atoms with E-state index in [-0.39, 0.29) is 12.0 Å². The maximum absolute atomic E-state index is 12.4. The summed E-state index contributed by atoms with van der Waals surface area (Å²) in [7, 11) is 0. The van der Waals surface area contributed by atoms with E-state index in [1.165, 1.54) is 0 Å². The lowest BCUT2D eigenvalue weighted by Crippen LogP contribution is -2.40. The summed E-state index contributed by atoms with van der Waals surface area (Å²) in [5.74, 6) is 0.103. The first-order valence-corrected chi connectivity index (χ1v) is 6.88. The van der Waals surface area contributed by atoms with Gasteiger partial charge in [0.15, 0.2) is 0 Å². The van der Waals surface area contributed by atoms with E-state index in [0.717, 1.165) is 24.2 Å². The number of aliphatic hydroxyl groups excluding tert-OH is 1. The summed E-state index contributed by atoms with van der Waals surface area (Å²) in [6.45, 7) is 6.47. The van der Waals surface area contributed by atoms with Crippen molar-refractivity contribution < 1.29 is 9.90 Å². The lowest BCUT2D eigenvalue weighted by atomic mass is 10.2. The molecule has 1 aromatic carbocycles. The van der Waals surface area contributed by atoms with Crippen LogP contribution in [0.3, 0.4) is 0 Å². The van der Waals surface area contributed by atoms with Crippen LogP contribution in [0.25, 0.3) is 0 Å². The monoisotopic (exact) mass is 262 g/mol. The summed E-state index contributed by atoms with van der Waals surface area (Å²) in [5.41, 5.74) is 2.09. The number of nitrogens with zero attached hydrogens (tertiary/aromatic N) is 2. The van der Waals surface area contributed by atoms with Crippen molar-refractivity contribution in [3.05, 3.63) is 29.8 Å². The van der Waals surface area contributed by atoms with Crippen LogP contribution < -0.4 is 4.90 Å². The summed E-state index contributed by atoms with van der Waals surface area (Å²) in [5, 5.41) is 9.50. The molecule has 104 valence electrons. The zero-order valence-corrected chi connectivity index (χ0v) is 11.7. The van der Waals surface area contributed by atoms with Crippen molar-refractivity contribution in [2.45, 2.75) is 26.4 Å². The van der Waals surface area contributed by atoms with Gasteiger partial charge in [0.1, 0.15) is 0 Å². The Kier molecular flexibility index (Phi) is 4.56. The van der Waals surface area contributed by atoms with Crippen molar-refractivity contribution in [2.75, 3.05) is 31.1 Å². The number of benzene rings is 1. The molecule has 1 unspecified atom stereocenters. The minimum absolute atomic E-state index is 0.103. The summed E-state index contributed by atoms with van der Waals surface area (Å²) < 4.78 is 0. The van der Waals surface area contributed by atoms with Gasteiger partial charge in [-0.1, -0.05) is 18.2 Å². The lowest BCUT2D eigenvalue weighted by molar-refractivity contribution is -0.119. The average molecular weight is 262 g/mol. The van der Waals surface area contributed by atoms with Crippen molar-refractivity contribution in [1.82, 2.24) is 4.90 Å². The lowest BCUT2D eigenvalue weighted by Gasteiger charge is -2.25. The van der Waals surface area contributed by atoms with E-state index in [1.54, 1.807) is 0 Å². The van der Waals surface area contributed by atoms with E-state index < -0.39 is 0 Å². The summed E-state index contributed by atoms with van der Waals surface area (Å²) in [6.07, 6.45) is 0.491. The standard InChI is InChI=1S/C15H22N2O2/c1-3-17(14-7-5-4-6-12(14)2)15(19)11-16-9-8-13(18)10-16/h4-7,13,18H,3,8-11H2,1-2H3. The number of anilines is 1. The van der Waals surface area contributed by atoms with Gasteiger partial charge in [0.25, 0.3) is 0 Å². The predicted octanol–water partition coefficient (Wildman–Crippen LogP) is 1.41. The van der Waals surface area contributed by atoms with E-state index in [2.05, 4.69) is 0 Å². The number of β-amino-alcohol motifs (C(OH)–C–C–N with tert-alkyl or cyclic N) is 1. The molecule has 1 aromatic rings. The summed E-state index contributed by atoms with van der Waals surface area (Å²) in [6, 6.07) is 7.94. The molecular weight excluding hydrogens is 240 g/mol. The highest BCUT2D eigenvalue weighted by molar-refractivity contribution is 5.95. The molecule has 4 nitrogen and oxygen atoms in total. The number of hydrogen-bond acceptors (Lipinski definition) is 3. The number of carbonyl (C=O) groups excluding carboxylic acids is 1. The Bertz CT molecular complexity index is 448. The molecule has 1 atom stereocenters. The smallest absolute Gasteiger partial charge is 0.241 e. The number of likely N-dealkylation sites (N-methyl/N-ethyl adjacent to an activating group) is 1. The second-order valence-corrected chi connectivity index (χ2v) is 5.10. The fourth-order valence-corrected chi connectivity index (χ4v) is 2.58. The zero-order chi connectivity index (χ0) is 13.8. The Morgan fingerprint density at radius 3 is 2.79 bits per heavy atom. The predicted molar refractivity (Wildman–Crippen MR) is 76.3 cm³/mol. The molecule has 0 aliphatic carbocycles. The number of likely N-dealkylation sites (tertiary alicyclic amines) is 1. The third kappa shape index (κ3) is 3.33. The highest BCUT2D eigenvalue weighted by Crippen LogP contribution is 2.20. The highest BCUT2D eigenvalue weighted by atomic mass is 16.3. The van der Waals surface area contributed by atoms with Crippen LogP contribution in [0.15, 0.2) is 24.3 Å². The number of rotatable bonds is 4. The van der Waals surface area contributed by atoms with Crippen LogP contribution >= 0.6 is 0 Å². The molecule has 0 spiro atoms.